The molecule has 3 saturated carbocycles. The largest absolute Gasteiger partial charge is 1.00 e. The number of methoxy groups -OCH3 is 6. The van der Waals surface area contributed by atoms with Crippen LogP contribution in [0.3, 0.4) is 0 Å². The van der Waals surface area contributed by atoms with E-state index in [9.17, 15) is 61.2 Å². The van der Waals surface area contributed by atoms with Gasteiger partial charge in [-0.1, -0.05) is 34.2 Å². The normalized spacial score (nSPS) is 22.7. The number of hydrogen-bond acceptors (Lipinski definition) is 28. The Bertz CT molecular complexity index is 5540. The zero-order chi connectivity index (χ0) is 92.9. The first-order valence-corrected chi connectivity index (χ1v) is 42.0. The molecule has 12 atom stereocenters. The number of H-pyrrole nitrogens is 1. The maximum atomic E-state index is 13.5. The summed E-state index contributed by atoms with van der Waals surface area (Å²) in [6.07, 6.45) is 7.35. The molecule has 6 fully saturated rings. The molecular formula is C88H106BrCs2N9O27S. The number of nitrogens with one attached hydrogen (secondary N) is 4. The summed E-state index contributed by atoms with van der Waals surface area (Å²) in [5.41, 5.74) is -6.35. The van der Waals surface area contributed by atoms with Gasteiger partial charge < -0.3 is 84.4 Å². The molecule has 680 valence electrons. The first-order valence-electron chi connectivity index (χ1n) is 39.8. The predicted octanol–water partition coefficient (Wildman–Crippen LogP) is 2.89. The van der Waals surface area contributed by atoms with Crippen LogP contribution in [-0.2, 0) is 81.2 Å². The number of esters is 3. The van der Waals surface area contributed by atoms with Crippen LogP contribution in [0.4, 0.5) is 14.4 Å². The Morgan fingerprint density at radius 3 is 1.32 bits per heavy atom. The quantitative estimate of drug-likeness (QED) is 0.0144. The minimum absolute atomic E-state index is 0. The summed E-state index contributed by atoms with van der Waals surface area (Å²) in [5, 5.41) is 21.2. The summed E-state index contributed by atoms with van der Waals surface area (Å²) in [7, 11) is 4.34. The molecule has 6 amide bonds. The molecule has 0 radical (unpaired) electrons. The minimum atomic E-state index is -4.17. The fraction of sp³-hybridized carbons (Fsp3) is 0.443. The molecule has 6 aliphatic rings. The summed E-state index contributed by atoms with van der Waals surface area (Å²) < 4.78 is 86.3. The molecule has 40 heteroatoms. The second-order valence-corrected chi connectivity index (χ2v) is 35.8. The van der Waals surface area contributed by atoms with Crippen LogP contribution in [0.5, 0.6) is 23.1 Å². The van der Waals surface area contributed by atoms with Gasteiger partial charge in [-0.3, -0.25) is 47.7 Å². The summed E-state index contributed by atoms with van der Waals surface area (Å²) in [4.78, 5) is 163. The number of amides is 6. The molecule has 3 saturated heterocycles. The summed E-state index contributed by atoms with van der Waals surface area (Å²) >= 11 is 3.25. The van der Waals surface area contributed by atoms with Crippen molar-refractivity contribution in [2.45, 2.75) is 176 Å². The van der Waals surface area contributed by atoms with E-state index < -0.39 is 134 Å². The number of benzene rings is 4. The Morgan fingerprint density at radius 1 is 0.539 bits per heavy atom. The van der Waals surface area contributed by atoms with Crippen LogP contribution < -0.4 is 189 Å². The number of pyridine rings is 3. The first kappa shape index (κ1) is 107. The number of nitrogens with zero attached hydrogens (tertiary/aromatic N) is 5. The summed E-state index contributed by atoms with van der Waals surface area (Å²) in [5.74, 6) is -1.72. The predicted molar refractivity (Wildman–Crippen MR) is 460 cm³/mol. The number of aromatic amines is 1. The zero-order valence-electron chi connectivity index (χ0n) is 75.5. The van der Waals surface area contributed by atoms with Crippen LogP contribution in [0, 0.1) is 17.8 Å². The average Bonchev–Trinajstić information content (AvgIpc) is 1.59. The average molecular weight is 2100 g/mol. The Labute approximate surface area is 867 Å². The van der Waals surface area contributed by atoms with Crippen molar-refractivity contribution in [2.75, 3.05) is 62.3 Å². The molecule has 3 aromatic heterocycles. The molecule has 4 N–H and O–H groups in total. The summed E-state index contributed by atoms with van der Waals surface area (Å²) in [6.45, 7) is 26.5. The third kappa shape index (κ3) is 26.3. The molecule has 6 heterocycles. The topological polar surface area (TPSA) is 452 Å². The van der Waals surface area contributed by atoms with Crippen molar-refractivity contribution in [1.82, 2.24) is 45.2 Å². The zero-order valence-corrected chi connectivity index (χ0v) is 89.5. The van der Waals surface area contributed by atoms with E-state index in [4.69, 9.17) is 61.6 Å². The standard InChI is InChI=1S/2C27H33N3O7.C23H29BrN2O8S.C10H9NO2.CH2O3.2Cs.H/c1-7-17-14-27(17,24(33)36-6)28-22(31)21-13-18(15-30(21)25(34)37-26(2,3)4)29-11-10-16-12-19(35-5)8-9-20(16)23(29)32;1-7-17-14-27(17,24(32)35-6)29-22(31)21-13-19(15-30(21)25(33)37-26(2,3)4)36-23-20-9-8-18(34-5)12-16(20)10-11-28-23;1-6-14-12-23(14,20(28)32-5)25-19(27)18-11-16(13-26(18)21(29)33-22(2,3)4)34-35(30,31)17-9-7-15(24)8-10-17;1-13-8-2-3-9-7(6-8)4-5-11-10(9)12;2-1-4-3;;;/h7-12,17-18,21H,1,13-15H2,2-6H3,(H,28,31);7-12,17,19,21H,1,13-15H2,2-6H3,(H,29,31);6-10,14,16,18H,1,11-13H2,2-5H3,(H,25,27);2-6H,1H3,(H,11,12);1,3H;;;/q;;;;;2*+1;-1/p-1/t17-,18-,21+,27-;17-,19-,21+,27-;14-,16+,18+,23-;;;;;/m111...../s1. The molecule has 0 spiro atoms. The Kier molecular flexibility index (Phi) is 37.7. The Morgan fingerprint density at radius 2 is 0.922 bits per heavy atom. The maximum Gasteiger partial charge on any atom is 1.00 e. The number of fused-ring (bicyclic) bond motifs is 3. The summed E-state index contributed by atoms with van der Waals surface area (Å²) in [6, 6.07) is 24.0. The molecule has 0 bridgehead atoms. The smallest absolute Gasteiger partial charge is 1.00 e. The van der Waals surface area contributed by atoms with Crippen LogP contribution in [0.15, 0.2) is 173 Å². The number of carbonyl (C=O) groups excluding carboxylic acids is 10. The number of rotatable bonds is 22. The molecule has 3 aliphatic carbocycles. The van der Waals surface area contributed by atoms with Crippen LogP contribution in [-0.4, -0.2) is 224 Å². The van der Waals surface area contributed by atoms with Crippen LogP contribution in [0.1, 0.15) is 108 Å². The van der Waals surface area contributed by atoms with Gasteiger partial charge in [0.2, 0.25) is 23.6 Å². The van der Waals surface area contributed by atoms with Gasteiger partial charge >= 0.3 is 174 Å². The van der Waals surface area contributed by atoms with Crippen molar-refractivity contribution >= 4 is 119 Å². The van der Waals surface area contributed by atoms with E-state index in [-0.39, 0.29) is 218 Å². The van der Waals surface area contributed by atoms with E-state index in [0.717, 1.165) is 32.2 Å². The number of halogens is 1. The van der Waals surface area contributed by atoms with Crippen molar-refractivity contribution in [3.05, 3.63) is 179 Å². The SMILES string of the molecule is C=C[C@@H]1C[C@]1(NC(=O)[C@@H]1C[C@@H](Oc2nccc3cc(OC)ccc23)CN1C(=O)OC(C)(C)C)C(=O)OC.C=C[C@@H]1C[C@]1(NC(=O)[C@@H]1C[C@@H](n2ccc3cc(OC)ccc3c2=O)CN1C(=O)OC(C)(C)C)C(=O)OC.C=C[C@@H]1C[C@]1(NC(=O)[C@@H]1C[C@H](OS(=O)(=O)c2ccc(Br)cc2)CN1C(=O)OC(C)(C)C)C(=O)OC.COc1ccc2c(=O)[nH]ccc2c1.O=CO[O-].[Cs+].[Cs+].[H-]. The molecule has 3 aliphatic heterocycles. The van der Waals surface area contributed by atoms with E-state index in [1.54, 1.807) is 174 Å². The van der Waals surface area contributed by atoms with Gasteiger partial charge in [0.1, 0.15) is 74.9 Å². The van der Waals surface area contributed by atoms with Gasteiger partial charge in [0.25, 0.3) is 27.7 Å². The van der Waals surface area contributed by atoms with Crippen molar-refractivity contribution in [1.29, 1.82) is 0 Å². The van der Waals surface area contributed by atoms with Crippen molar-refractivity contribution in [2.24, 2.45) is 17.8 Å². The Hall–Kier alpha value is -8.32. The van der Waals surface area contributed by atoms with Crippen LogP contribution >= 0.6 is 15.9 Å². The van der Waals surface area contributed by atoms with Crippen molar-refractivity contribution in [3.8, 4) is 23.1 Å². The molecular weight excluding hydrogens is 1990 g/mol. The van der Waals surface area contributed by atoms with Crippen LogP contribution in [0.2, 0.25) is 0 Å². The molecule has 13 rings (SSSR count). The van der Waals surface area contributed by atoms with Crippen LogP contribution in [0.25, 0.3) is 32.3 Å². The van der Waals surface area contributed by atoms with Gasteiger partial charge in [-0.05, 0) is 201 Å². The van der Waals surface area contributed by atoms with Gasteiger partial charge in [-0.25, -0.2) is 33.8 Å². The molecule has 36 nitrogen and oxygen atoms in total. The fourth-order valence-corrected chi connectivity index (χ4v) is 16.2. The maximum absolute atomic E-state index is 13.5. The Balaban J connectivity index is 0.000000270. The molecule has 128 heavy (non-hydrogen) atoms. The first-order chi connectivity index (χ1) is 59.4. The fourth-order valence-electron chi connectivity index (χ4n) is 14.8. The van der Waals surface area contributed by atoms with E-state index in [1.165, 1.54) is 43.3 Å². The van der Waals surface area contributed by atoms with E-state index in [2.05, 4.69) is 66.5 Å². The van der Waals surface area contributed by atoms with Gasteiger partial charge in [-0.2, -0.15) is 8.42 Å². The molecule has 4 aromatic carbocycles. The van der Waals surface area contributed by atoms with Gasteiger partial charge in [0.15, 0.2) is 0 Å². The van der Waals surface area contributed by atoms with E-state index in [1.807, 2.05) is 36.4 Å². The number of aromatic nitrogens is 3. The number of ether oxygens (including phenoxy) is 10. The molecule has 0 unspecified atom stereocenters. The van der Waals surface area contributed by atoms with E-state index >= 15 is 0 Å². The van der Waals surface area contributed by atoms with Crippen molar-refractivity contribution < 1.29 is 257 Å². The number of likely N-dealkylation sites (tertiary alicyclic amines) is 3. The third-order valence-electron chi connectivity index (χ3n) is 21.3. The second-order valence-electron chi connectivity index (χ2n) is 33.3. The third-order valence-corrected chi connectivity index (χ3v) is 23.2. The van der Waals surface area contributed by atoms with Gasteiger partial charge in [0.05, 0.1) is 72.8 Å². The second kappa shape index (κ2) is 45.2. The van der Waals surface area contributed by atoms with Gasteiger partial charge in [0, 0.05) is 76.4 Å². The van der Waals surface area contributed by atoms with Gasteiger partial charge in [-0.15, -0.1) is 19.7 Å². The minimum Gasteiger partial charge on any atom is -1.00 e. The number of hydrogen-bond donors (Lipinski definition) is 4. The monoisotopic (exact) mass is 2100 g/mol. The van der Waals surface area contributed by atoms with Crippen molar-refractivity contribution in [3.63, 3.8) is 0 Å². The number of carbonyl (C=O) groups is 10. The van der Waals surface area contributed by atoms with E-state index in [0.29, 0.717) is 51.9 Å². The molecule has 7 aromatic rings.